The van der Waals surface area contributed by atoms with Crippen LogP contribution in [0.2, 0.25) is 0 Å². The molecular formula is C19H26N4O. The second kappa shape index (κ2) is 7.18. The fraction of sp³-hybridized carbons (Fsp3) is 0.474. The third kappa shape index (κ3) is 3.36. The Hall–Kier alpha value is -2.14. The van der Waals surface area contributed by atoms with Gasteiger partial charge in [-0.3, -0.25) is 14.4 Å². The van der Waals surface area contributed by atoms with Crippen LogP contribution in [-0.2, 0) is 7.05 Å². The van der Waals surface area contributed by atoms with E-state index in [1.54, 1.807) is 4.68 Å². The molecule has 0 bridgehead atoms. The molecule has 3 rings (SSSR count). The third-order valence-electron chi connectivity index (χ3n) is 4.96. The van der Waals surface area contributed by atoms with Crippen LogP contribution in [0.3, 0.4) is 0 Å². The quantitative estimate of drug-likeness (QED) is 0.919. The highest BCUT2D eigenvalue weighted by Gasteiger charge is 2.25. The van der Waals surface area contributed by atoms with Crippen molar-refractivity contribution in [3.05, 3.63) is 52.8 Å². The predicted molar refractivity (Wildman–Crippen MR) is 95.0 cm³/mol. The minimum Gasteiger partial charge on any atom is -0.350 e. The van der Waals surface area contributed by atoms with Crippen molar-refractivity contribution >= 4 is 5.91 Å². The van der Waals surface area contributed by atoms with Gasteiger partial charge in [0.15, 0.2) is 0 Å². The lowest BCUT2D eigenvalue weighted by Gasteiger charge is -2.28. The monoisotopic (exact) mass is 326 g/mol. The second-order valence-corrected chi connectivity index (χ2v) is 6.55. The summed E-state index contributed by atoms with van der Waals surface area (Å²) in [4.78, 5) is 15.1. The summed E-state index contributed by atoms with van der Waals surface area (Å²) in [5.74, 6) is -0.0294. The minimum absolute atomic E-state index is 0.0294. The molecule has 0 aliphatic carbocycles. The van der Waals surface area contributed by atoms with Crippen LogP contribution in [0.25, 0.3) is 0 Å². The van der Waals surface area contributed by atoms with Crippen LogP contribution in [0.4, 0.5) is 0 Å². The summed E-state index contributed by atoms with van der Waals surface area (Å²) >= 11 is 0. The van der Waals surface area contributed by atoms with E-state index in [-0.39, 0.29) is 11.9 Å². The van der Waals surface area contributed by atoms with Crippen LogP contribution < -0.4 is 5.32 Å². The molecule has 1 aliphatic heterocycles. The van der Waals surface area contributed by atoms with Crippen LogP contribution in [0, 0.1) is 13.8 Å². The molecule has 1 saturated heterocycles. The summed E-state index contributed by atoms with van der Waals surface area (Å²) in [5.41, 5.74) is 3.65. The fourth-order valence-electron chi connectivity index (χ4n) is 3.57. The van der Waals surface area contributed by atoms with Crippen molar-refractivity contribution in [1.29, 1.82) is 0 Å². The van der Waals surface area contributed by atoms with Crippen molar-refractivity contribution in [2.75, 3.05) is 19.6 Å². The number of amides is 1. The third-order valence-corrected chi connectivity index (χ3v) is 4.96. The van der Waals surface area contributed by atoms with Crippen molar-refractivity contribution in [1.82, 2.24) is 20.0 Å². The molecule has 1 unspecified atom stereocenters. The van der Waals surface area contributed by atoms with Crippen molar-refractivity contribution in [2.45, 2.75) is 32.7 Å². The van der Waals surface area contributed by atoms with Gasteiger partial charge in [0.2, 0.25) is 0 Å². The van der Waals surface area contributed by atoms with Crippen LogP contribution in [0.5, 0.6) is 0 Å². The number of aromatic nitrogens is 2. The number of likely N-dealkylation sites (tertiary alicyclic amines) is 1. The fourth-order valence-corrected chi connectivity index (χ4v) is 3.57. The van der Waals surface area contributed by atoms with Gasteiger partial charge in [0.1, 0.15) is 0 Å². The van der Waals surface area contributed by atoms with Gasteiger partial charge in [-0.2, -0.15) is 5.10 Å². The Morgan fingerprint density at radius 1 is 1.21 bits per heavy atom. The molecule has 2 heterocycles. The van der Waals surface area contributed by atoms with Gasteiger partial charge in [-0.15, -0.1) is 0 Å². The van der Waals surface area contributed by atoms with E-state index in [0.717, 1.165) is 24.5 Å². The van der Waals surface area contributed by atoms with Gasteiger partial charge in [-0.1, -0.05) is 30.3 Å². The highest BCUT2D eigenvalue weighted by molar-refractivity contribution is 5.96. The molecule has 5 heteroatoms. The molecule has 2 aromatic rings. The van der Waals surface area contributed by atoms with Gasteiger partial charge < -0.3 is 5.32 Å². The average Bonchev–Trinajstić information content (AvgIpc) is 3.18. The number of benzene rings is 1. The summed E-state index contributed by atoms with van der Waals surface area (Å²) in [6.07, 6.45) is 2.47. The van der Waals surface area contributed by atoms with Crippen LogP contribution in [-0.4, -0.2) is 40.2 Å². The molecule has 1 atom stereocenters. The summed E-state index contributed by atoms with van der Waals surface area (Å²) in [6, 6.07) is 10.7. The van der Waals surface area contributed by atoms with Crippen molar-refractivity contribution in [2.24, 2.45) is 7.05 Å². The zero-order valence-electron chi connectivity index (χ0n) is 14.7. The van der Waals surface area contributed by atoms with Gasteiger partial charge in [-0.05, 0) is 45.3 Å². The zero-order chi connectivity index (χ0) is 17.1. The van der Waals surface area contributed by atoms with Gasteiger partial charge >= 0.3 is 0 Å². The number of hydrogen-bond donors (Lipinski definition) is 1. The van der Waals surface area contributed by atoms with Crippen LogP contribution >= 0.6 is 0 Å². The number of carbonyl (C=O) groups excluding carboxylic acids is 1. The SMILES string of the molecule is Cc1nn(C)c(C)c1C(=O)NCC(c1ccccc1)N1CCCC1. The molecule has 1 amide bonds. The lowest BCUT2D eigenvalue weighted by Crippen LogP contribution is -2.37. The minimum atomic E-state index is -0.0294. The smallest absolute Gasteiger partial charge is 0.255 e. The number of aryl methyl sites for hydroxylation is 2. The number of nitrogens with zero attached hydrogens (tertiary/aromatic N) is 3. The summed E-state index contributed by atoms with van der Waals surface area (Å²) < 4.78 is 1.76. The predicted octanol–water partition coefficient (Wildman–Crippen LogP) is 2.60. The Labute approximate surface area is 143 Å². The highest BCUT2D eigenvalue weighted by Crippen LogP contribution is 2.24. The van der Waals surface area contributed by atoms with Gasteiger partial charge in [-0.25, -0.2) is 0 Å². The molecule has 24 heavy (non-hydrogen) atoms. The topological polar surface area (TPSA) is 50.2 Å². The van der Waals surface area contributed by atoms with E-state index in [4.69, 9.17) is 0 Å². The number of rotatable bonds is 5. The van der Waals surface area contributed by atoms with E-state index >= 15 is 0 Å². The van der Waals surface area contributed by atoms with E-state index in [1.807, 2.05) is 27.0 Å². The number of carbonyl (C=O) groups is 1. The Kier molecular flexibility index (Phi) is 5.00. The van der Waals surface area contributed by atoms with Crippen molar-refractivity contribution in [3.8, 4) is 0 Å². The maximum absolute atomic E-state index is 12.7. The normalized spacial score (nSPS) is 16.3. The van der Waals surface area contributed by atoms with E-state index in [1.165, 1.54) is 18.4 Å². The molecule has 1 fully saturated rings. The van der Waals surface area contributed by atoms with Crippen LogP contribution in [0.15, 0.2) is 30.3 Å². The zero-order valence-corrected chi connectivity index (χ0v) is 14.7. The molecule has 5 nitrogen and oxygen atoms in total. The maximum Gasteiger partial charge on any atom is 0.255 e. The molecular weight excluding hydrogens is 300 g/mol. The first-order chi connectivity index (χ1) is 11.6. The highest BCUT2D eigenvalue weighted by atomic mass is 16.1. The number of hydrogen-bond acceptors (Lipinski definition) is 3. The van der Waals surface area contributed by atoms with Gasteiger partial charge in [0.25, 0.3) is 5.91 Å². The van der Waals surface area contributed by atoms with E-state index in [0.29, 0.717) is 12.1 Å². The molecule has 1 N–H and O–H groups in total. The van der Waals surface area contributed by atoms with E-state index in [2.05, 4.69) is 39.6 Å². The average molecular weight is 326 g/mol. The molecule has 0 radical (unpaired) electrons. The molecule has 0 saturated carbocycles. The Bertz CT molecular complexity index is 702. The Balaban J connectivity index is 1.75. The summed E-state index contributed by atoms with van der Waals surface area (Å²) in [6.45, 7) is 6.64. The molecule has 1 aromatic heterocycles. The molecule has 0 spiro atoms. The Morgan fingerprint density at radius 3 is 2.46 bits per heavy atom. The van der Waals surface area contributed by atoms with Crippen molar-refractivity contribution < 1.29 is 4.79 Å². The first-order valence-corrected chi connectivity index (χ1v) is 8.65. The standard InChI is InChI=1S/C19H26N4O/c1-14-18(15(2)22(3)21-14)19(24)20-13-17(23-11-7-8-12-23)16-9-5-4-6-10-16/h4-6,9-10,17H,7-8,11-13H2,1-3H3,(H,20,24). The first kappa shape index (κ1) is 16.7. The maximum atomic E-state index is 12.7. The van der Waals surface area contributed by atoms with Crippen molar-refractivity contribution in [3.63, 3.8) is 0 Å². The van der Waals surface area contributed by atoms with Gasteiger partial charge in [0.05, 0.1) is 17.3 Å². The van der Waals surface area contributed by atoms with Gasteiger partial charge in [0, 0.05) is 19.3 Å². The largest absolute Gasteiger partial charge is 0.350 e. The summed E-state index contributed by atoms with van der Waals surface area (Å²) in [5, 5.41) is 7.48. The molecule has 1 aromatic carbocycles. The molecule has 1 aliphatic rings. The lowest BCUT2D eigenvalue weighted by molar-refractivity contribution is 0.0936. The Morgan fingerprint density at radius 2 is 1.88 bits per heavy atom. The van der Waals surface area contributed by atoms with Crippen LogP contribution in [0.1, 0.15) is 46.2 Å². The second-order valence-electron chi connectivity index (χ2n) is 6.55. The van der Waals surface area contributed by atoms with E-state index < -0.39 is 0 Å². The van der Waals surface area contributed by atoms with E-state index in [9.17, 15) is 4.79 Å². The summed E-state index contributed by atoms with van der Waals surface area (Å²) in [7, 11) is 1.87. The lowest BCUT2D eigenvalue weighted by atomic mass is 10.1. The molecule has 128 valence electrons. The first-order valence-electron chi connectivity index (χ1n) is 8.65. The number of nitrogens with one attached hydrogen (secondary N) is 1.